The van der Waals surface area contributed by atoms with Crippen LogP contribution in [0.2, 0.25) is 0 Å². The maximum atomic E-state index is 12.6. The molecule has 33 heavy (non-hydrogen) atoms. The number of aromatic amines is 1. The lowest BCUT2D eigenvalue weighted by Crippen LogP contribution is -2.18. The summed E-state index contributed by atoms with van der Waals surface area (Å²) in [5.41, 5.74) is 1.91. The normalized spacial score (nSPS) is 10.8. The third kappa shape index (κ3) is 6.11. The number of nitrogens with one attached hydrogen (secondary N) is 2. The van der Waals surface area contributed by atoms with Crippen LogP contribution in [0, 0.1) is 0 Å². The van der Waals surface area contributed by atoms with Gasteiger partial charge in [0.25, 0.3) is 5.56 Å². The van der Waals surface area contributed by atoms with Crippen molar-refractivity contribution in [2.75, 3.05) is 19.0 Å². The number of thioether (sulfide) groups is 1. The first-order chi connectivity index (χ1) is 16.0. The van der Waals surface area contributed by atoms with E-state index in [2.05, 4.69) is 20.3 Å². The van der Waals surface area contributed by atoms with Crippen molar-refractivity contribution in [2.24, 2.45) is 0 Å². The zero-order valence-electron chi connectivity index (χ0n) is 18.1. The van der Waals surface area contributed by atoms with Gasteiger partial charge >= 0.3 is 0 Å². The number of carbonyl (C=O) groups is 1. The predicted molar refractivity (Wildman–Crippen MR) is 131 cm³/mol. The lowest BCUT2D eigenvalue weighted by atomic mass is 10.2. The number of rotatable bonds is 9. The molecule has 8 nitrogen and oxygen atoms in total. The Morgan fingerprint density at radius 3 is 2.85 bits per heavy atom. The zero-order chi connectivity index (χ0) is 23.2. The fourth-order valence-electron chi connectivity index (χ4n) is 3.10. The van der Waals surface area contributed by atoms with Gasteiger partial charge in [-0.1, -0.05) is 35.2 Å². The zero-order valence-corrected chi connectivity index (χ0v) is 19.7. The first-order valence-electron chi connectivity index (χ1n) is 10.2. The van der Waals surface area contributed by atoms with Crippen LogP contribution in [0.1, 0.15) is 18.2 Å². The van der Waals surface area contributed by atoms with Gasteiger partial charge in [0.2, 0.25) is 5.91 Å². The molecule has 0 saturated carbocycles. The van der Waals surface area contributed by atoms with E-state index in [0.717, 1.165) is 27.3 Å². The third-order valence-corrected chi connectivity index (χ3v) is 6.42. The molecule has 0 aliphatic heterocycles. The van der Waals surface area contributed by atoms with E-state index in [1.54, 1.807) is 7.11 Å². The molecule has 2 heterocycles. The van der Waals surface area contributed by atoms with Crippen LogP contribution in [0.4, 0.5) is 5.13 Å². The average molecular weight is 483 g/mol. The van der Waals surface area contributed by atoms with Crippen LogP contribution in [0.15, 0.2) is 58.5 Å². The Morgan fingerprint density at radius 1 is 1.15 bits per heavy atom. The van der Waals surface area contributed by atoms with E-state index in [4.69, 9.17) is 9.47 Å². The van der Waals surface area contributed by atoms with Gasteiger partial charge in [0.05, 0.1) is 36.0 Å². The molecule has 2 aromatic heterocycles. The number of nitrogens with zero attached hydrogens (tertiary/aromatic N) is 2. The number of thiazole rings is 1. The molecule has 2 N–H and O–H groups in total. The van der Waals surface area contributed by atoms with Crippen LogP contribution in [-0.2, 0) is 17.0 Å². The minimum atomic E-state index is -0.301. The summed E-state index contributed by atoms with van der Waals surface area (Å²) in [4.78, 5) is 36.2. The molecular formula is C23H22N4O4S2. The van der Waals surface area contributed by atoms with Crippen LogP contribution in [0.3, 0.4) is 0 Å². The van der Waals surface area contributed by atoms with Gasteiger partial charge in [0.1, 0.15) is 11.5 Å². The number of fused-ring (bicyclic) bond motifs is 1. The van der Waals surface area contributed by atoms with Gasteiger partial charge in [-0.15, -0.1) is 0 Å². The molecule has 0 saturated heterocycles. The molecule has 0 fully saturated rings. The third-order valence-electron chi connectivity index (χ3n) is 4.54. The minimum absolute atomic E-state index is 0.0310. The van der Waals surface area contributed by atoms with Crippen LogP contribution in [0.25, 0.3) is 10.2 Å². The number of amides is 1. The number of benzene rings is 2. The molecule has 10 heteroatoms. The molecule has 170 valence electrons. The van der Waals surface area contributed by atoms with Crippen molar-refractivity contribution in [3.63, 3.8) is 0 Å². The smallest absolute Gasteiger partial charge is 0.251 e. The Bertz CT molecular complexity index is 1340. The van der Waals surface area contributed by atoms with Crippen LogP contribution in [-0.4, -0.2) is 34.6 Å². The van der Waals surface area contributed by atoms with Crippen LogP contribution in [0.5, 0.6) is 11.5 Å². The van der Waals surface area contributed by atoms with Gasteiger partial charge in [-0.05, 0) is 42.8 Å². The van der Waals surface area contributed by atoms with Crippen molar-refractivity contribution in [3.8, 4) is 11.5 Å². The summed E-state index contributed by atoms with van der Waals surface area (Å²) >= 11 is 2.75. The molecular weight excluding hydrogens is 460 g/mol. The van der Waals surface area contributed by atoms with E-state index in [-0.39, 0.29) is 17.9 Å². The van der Waals surface area contributed by atoms with Crippen molar-refractivity contribution in [1.82, 2.24) is 15.0 Å². The largest absolute Gasteiger partial charge is 0.497 e. The number of carbonyl (C=O) groups excluding carboxylic acids is 1. The van der Waals surface area contributed by atoms with Crippen LogP contribution < -0.4 is 20.3 Å². The molecule has 0 atom stereocenters. The molecule has 4 aromatic rings. The number of aromatic nitrogens is 3. The number of methoxy groups -OCH3 is 1. The topological polar surface area (TPSA) is 106 Å². The fraction of sp³-hybridized carbons (Fsp3) is 0.217. The number of hydrogen-bond acceptors (Lipinski definition) is 8. The summed E-state index contributed by atoms with van der Waals surface area (Å²) in [7, 11) is 1.62. The van der Waals surface area contributed by atoms with Crippen molar-refractivity contribution >= 4 is 44.4 Å². The highest BCUT2D eigenvalue weighted by molar-refractivity contribution is 7.98. The predicted octanol–water partition coefficient (Wildman–Crippen LogP) is 4.26. The molecule has 2 aromatic carbocycles. The first kappa shape index (κ1) is 22.8. The van der Waals surface area contributed by atoms with E-state index < -0.39 is 0 Å². The molecule has 0 aliphatic carbocycles. The van der Waals surface area contributed by atoms with Gasteiger partial charge in [-0.3, -0.25) is 9.59 Å². The van der Waals surface area contributed by atoms with E-state index in [1.165, 1.54) is 29.2 Å². The average Bonchev–Trinajstić information content (AvgIpc) is 3.19. The Morgan fingerprint density at radius 2 is 2.03 bits per heavy atom. The lowest BCUT2D eigenvalue weighted by molar-refractivity contribution is -0.115. The number of H-pyrrole nitrogens is 1. The van der Waals surface area contributed by atoms with Gasteiger partial charge in [-0.2, -0.15) is 0 Å². The fourth-order valence-corrected chi connectivity index (χ4v) is 4.85. The highest BCUT2D eigenvalue weighted by Gasteiger charge is 2.12. The van der Waals surface area contributed by atoms with Crippen molar-refractivity contribution in [3.05, 3.63) is 70.1 Å². The van der Waals surface area contributed by atoms with Crippen molar-refractivity contribution < 1.29 is 14.3 Å². The van der Waals surface area contributed by atoms with E-state index in [0.29, 0.717) is 28.3 Å². The van der Waals surface area contributed by atoms with Crippen LogP contribution >= 0.6 is 23.1 Å². The van der Waals surface area contributed by atoms with Gasteiger partial charge < -0.3 is 19.8 Å². The van der Waals surface area contributed by atoms with Gasteiger partial charge in [0.15, 0.2) is 10.3 Å². The summed E-state index contributed by atoms with van der Waals surface area (Å²) in [6.07, 6.45) is -0.0310. The summed E-state index contributed by atoms with van der Waals surface area (Å²) in [5.74, 6) is 1.84. The second kappa shape index (κ2) is 10.5. The second-order valence-corrected chi connectivity index (χ2v) is 8.98. The second-order valence-electron chi connectivity index (χ2n) is 6.99. The standard InChI is InChI=1S/C23H22N4O4S2/c1-3-31-17-7-8-18-19(12-17)33-23(25-18)27-21(29)11-15-10-20(28)26-22(24-15)32-13-14-5-4-6-16(9-14)30-2/h4-10,12H,3,11,13H2,1-2H3,(H,24,26,28)(H,25,27,29). The Kier molecular flexibility index (Phi) is 7.26. The summed E-state index contributed by atoms with van der Waals surface area (Å²) < 4.78 is 11.7. The molecule has 0 radical (unpaired) electrons. The van der Waals surface area contributed by atoms with Gasteiger partial charge in [-0.25, -0.2) is 9.97 Å². The van der Waals surface area contributed by atoms with Gasteiger partial charge in [0, 0.05) is 11.8 Å². The summed E-state index contributed by atoms with van der Waals surface area (Å²) in [6.45, 7) is 2.50. The highest BCUT2D eigenvalue weighted by atomic mass is 32.2. The van der Waals surface area contributed by atoms with E-state index >= 15 is 0 Å². The van der Waals surface area contributed by atoms with E-state index in [1.807, 2.05) is 49.4 Å². The molecule has 0 aliphatic rings. The van der Waals surface area contributed by atoms with Crippen molar-refractivity contribution in [2.45, 2.75) is 24.3 Å². The molecule has 0 unspecified atom stereocenters. The Labute approximate surface area is 198 Å². The minimum Gasteiger partial charge on any atom is -0.497 e. The Hall–Kier alpha value is -3.37. The lowest BCUT2D eigenvalue weighted by Gasteiger charge is -2.06. The summed E-state index contributed by atoms with van der Waals surface area (Å²) in [6, 6.07) is 14.6. The number of hydrogen-bond donors (Lipinski definition) is 2. The number of anilines is 1. The maximum absolute atomic E-state index is 12.6. The first-order valence-corrected chi connectivity index (χ1v) is 12.0. The summed E-state index contributed by atoms with van der Waals surface area (Å²) in [5, 5.41) is 3.74. The SMILES string of the molecule is CCOc1ccc2nc(NC(=O)Cc3cc(=O)[nH]c(SCc4cccc(OC)c4)n3)sc2c1. The molecule has 0 spiro atoms. The monoisotopic (exact) mass is 482 g/mol. The highest BCUT2D eigenvalue weighted by Crippen LogP contribution is 2.29. The number of ether oxygens (including phenoxy) is 2. The maximum Gasteiger partial charge on any atom is 0.251 e. The quantitative estimate of drug-likeness (QED) is 0.271. The molecule has 1 amide bonds. The van der Waals surface area contributed by atoms with E-state index in [9.17, 15) is 9.59 Å². The molecule has 4 rings (SSSR count). The Balaban J connectivity index is 1.41. The van der Waals surface area contributed by atoms with Crippen molar-refractivity contribution in [1.29, 1.82) is 0 Å². The molecule has 0 bridgehead atoms.